The fourth-order valence-electron chi connectivity index (χ4n) is 5.55. The first kappa shape index (κ1) is 20.3. The molecule has 1 heterocycles. The maximum atomic E-state index is 10.8. The Morgan fingerprint density at radius 3 is 2.58 bits per heavy atom. The van der Waals surface area contributed by atoms with Crippen LogP contribution in [0.2, 0.25) is 0 Å². The van der Waals surface area contributed by atoms with Crippen molar-refractivity contribution in [3.05, 3.63) is 75.0 Å². The van der Waals surface area contributed by atoms with Crippen molar-refractivity contribution >= 4 is 16.6 Å². The minimum absolute atomic E-state index is 0.152. The zero-order chi connectivity index (χ0) is 21.2. The van der Waals surface area contributed by atoms with E-state index < -0.39 is 0 Å². The summed E-state index contributed by atoms with van der Waals surface area (Å²) in [7, 11) is 0. The standard InChI is InChI=1S/C26H31N3O2/c30-29(31)21-12-9-18(10-13-21)15-16-27-25-8-4-7-22-23-17-20(19-5-2-1-3-6-19)11-14-24(23)28-26(22)25/h9-14,17,19,25,27-28H,1-8,15-16H2. The van der Waals surface area contributed by atoms with Gasteiger partial charge in [-0.25, -0.2) is 0 Å². The number of fused-ring (bicyclic) bond motifs is 3. The lowest BCUT2D eigenvalue weighted by atomic mass is 9.83. The van der Waals surface area contributed by atoms with Crippen molar-refractivity contribution in [2.45, 2.75) is 69.7 Å². The van der Waals surface area contributed by atoms with Crippen molar-refractivity contribution < 1.29 is 4.92 Å². The number of non-ortho nitro benzene ring substituents is 1. The van der Waals surface area contributed by atoms with Crippen LogP contribution >= 0.6 is 0 Å². The molecule has 2 aliphatic rings. The van der Waals surface area contributed by atoms with Crippen LogP contribution < -0.4 is 5.32 Å². The Hall–Kier alpha value is -2.66. The second-order valence-electron chi connectivity index (χ2n) is 9.23. The molecule has 2 aliphatic carbocycles. The number of nitrogens with one attached hydrogen (secondary N) is 2. The summed E-state index contributed by atoms with van der Waals surface area (Å²) in [6.45, 7) is 0.866. The lowest BCUT2D eigenvalue weighted by Crippen LogP contribution is -2.27. The molecule has 1 fully saturated rings. The normalized spacial score (nSPS) is 19.4. The molecule has 0 bridgehead atoms. The van der Waals surface area contributed by atoms with Crippen molar-refractivity contribution in [3.8, 4) is 0 Å². The van der Waals surface area contributed by atoms with Crippen molar-refractivity contribution in [1.82, 2.24) is 10.3 Å². The van der Waals surface area contributed by atoms with Gasteiger partial charge in [-0.15, -0.1) is 0 Å². The van der Waals surface area contributed by atoms with Crippen LogP contribution in [-0.4, -0.2) is 16.5 Å². The number of aromatic nitrogens is 1. The van der Waals surface area contributed by atoms with Crippen LogP contribution in [0.15, 0.2) is 42.5 Å². The van der Waals surface area contributed by atoms with E-state index in [2.05, 4.69) is 28.5 Å². The summed E-state index contributed by atoms with van der Waals surface area (Å²) in [4.78, 5) is 14.2. The molecule has 3 aromatic rings. The van der Waals surface area contributed by atoms with Gasteiger partial charge in [-0.05, 0) is 79.8 Å². The van der Waals surface area contributed by atoms with Crippen molar-refractivity contribution in [3.63, 3.8) is 0 Å². The third-order valence-electron chi connectivity index (χ3n) is 7.26. The maximum Gasteiger partial charge on any atom is 0.269 e. The molecule has 1 aromatic heterocycles. The Morgan fingerprint density at radius 2 is 1.81 bits per heavy atom. The molecule has 0 saturated heterocycles. The molecule has 2 aromatic carbocycles. The van der Waals surface area contributed by atoms with Gasteiger partial charge < -0.3 is 10.3 Å². The van der Waals surface area contributed by atoms with E-state index >= 15 is 0 Å². The summed E-state index contributed by atoms with van der Waals surface area (Å²) >= 11 is 0. The van der Waals surface area contributed by atoms with E-state index in [1.54, 1.807) is 12.1 Å². The number of nitro groups is 1. The Kier molecular flexibility index (Phi) is 5.77. The largest absolute Gasteiger partial charge is 0.357 e. The fraction of sp³-hybridized carbons (Fsp3) is 0.462. The molecule has 1 unspecified atom stereocenters. The van der Waals surface area contributed by atoms with Crippen LogP contribution in [0.25, 0.3) is 10.9 Å². The second kappa shape index (κ2) is 8.83. The van der Waals surface area contributed by atoms with Crippen LogP contribution in [0.1, 0.15) is 79.3 Å². The summed E-state index contributed by atoms with van der Waals surface area (Å²) in [5.41, 5.74) is 6.95. The lowest BCUT2D eigenvalue weighted by Gasteiger charge is -2.24. The molecule has 0 radical (unpaired) electrons. The van der Waals surface area contributed by atoms with Crippen molar-refractivity contribution in [2.75, 3.05) is 6.54 Å². The highest BCUT2D eigenvalue weighted by Gasteiger charge is 2.25. The number of benzene rings is 2. The van der Waals surface area contributed by atoms with Gasteiger partial charge in [-0.3, -0.25) is 10.1 Å². The number of hydrogen-bond acceptors (Lipinski definition) is 3. The third-order valence-corrected chi connectivity index (χ3v) is 7.26. The van der Waals surface area contributed by atoms with Crippen LogP contribution in [-0.2, 0) is 12.8 Å². The fourth-order valence-corrected chi connectivity index (χ4v) is 5.55. The van der Waals surface area contributed by atoms with Crippen molar-refractivity contribution in [2.24, 2.45) is 0 Å². The predicted molar refractivity (Wildman–Crippen MR) is 125 cm³/mol. The number of aryl methyl sites for hydroxylation is 1. The number of nitrogens with zero attached hydrogens (tertiary/aromatic N) is 1. The van der Waals surface area contributed by atoms with Crippen molar-refractivity contribution in [1.29, 1.82) is 0 Å². The Balaban J connectivity index is 1.29. The number of nitro benzene ring substituents is 1. The van der Waals surface area contributed by atoms with Gasteiger partial charge in [0.15, 0.2) is 0 Å². The van der Waals surface area contributed by atoms with Gasteiger partial charge in [0.2, 0.25) is 0 Å². The summed E-state index contributed by atoms with van der Waals surface area (Å²) < 4.78 is 0. The van der Waals surface area contributed by atoms with E-state index in [9.17, 15) is 10.1 Å². The van der Waals surface area contributed by atoms with Gasteiger partial charge in [-0.1, -0.05) is 37.5 Å². The van der Waals surface area contributed by atoms with Gasteiger partial charge in [-0.2, -0.15) is 0 Å². The van der Waals surface area contributed by atoms with Gasteiger partial charge in [0.1, 0.15) is 0 Å². The monoisotopic (exact) mass is 417 g/mol. The zero-order valence-corrected chi connectivity index (χ0v) is 18.0. The molecule has 0 amide bonds. The molecule has 162 valence electrons. The third kappa shape index (κ3) is 4.24. The average molecular weight is 418 g/mol. The Morgan fingerprint density at radius 1 is 1.00 bits per heavy atom. The van der Waals surface area contributed by atoms with Crippen LogP contribution in [0.4, 0.5) is 5.69 Å². The van der Waals surface area contributed by atoms with Gasteiger partial charge in [0.25, 0.3) is 5.69 Å². The van der Waals surface area contributed by atoms with E-state index in [4.69, 9.17) is 0 Å². The summed E-state index contributed by atoms with van der Waals surface area (Å²) in [6, 6.07) is 14.4. The first-order chi connectivity index (χ1) is 15.2. The number of rotatable bonds is 6. The van der Waals surface area contributed by atoms with E-state index in [1.807, 2.05) is 12.1 Å². The summed E-state index contributed by atoms with van der Waals surface area (Å²) in [5, 5.41) is 16.0. The highest BCUT2D eigenvalue weighted by atomic mass is 16.6. The molecule has 2 N–H and O–H groups in total. The van der Waals surface area contributed by atoms with Crippen LogP contribution in [0.5, 0.6) is 0 Å². The molecular weight excluding hydrogens is 386 g/mol. The van der Waals surface area contributed by atoms with Crippen LogP contribution in [0, 0.1) is 10.1 Å². The summed E-state index contributed by atoms with van der Waals surface area (Å²) in [6.07, 6.45) is 11.2. The van der Waals surface area contributed by atoms with E-state index in [1.165, 1.54) is 66.2 Å². The molecule has 1 atom stereocenters. The first-order valence-corrected chi connectivity index (χ1v) is 11.8. The highest BCUT2D eigenvalue weighted by molar-refractivity contribution is 5.86. The van der Waals surface area contributed by atoms with Gasteiger partial charge in [0, 0.05) is 34.8 Å². The maximum absolute atomic E-state index is 10.8. The molecule has 5 nitrogen and oxygen atoms in total. The molecule has 5 heteroatoms. The van der Waals surface area contributed by atoms with E-state index in [-0.39, 0.29) is 10.6 Å². The first-order valence-electron chi connectivity index (χ1n) is 11.8. The molecule has 0 aliphatic heterocycles. The molecule has 31 heavy (non-hydrogen) atoms. The topological polar surface area (TPSA) is 71.0 Å². The van der Waals surface area contributed by atoms with Gasteiger partial charge in [0.05, 0.1) is 4.92 Å². The number of aromatic amines is 1. The highest BCUT2D eigenvalue weighted by Crippen LogP contribution is 2.38. The second-order valence-corrected chi connectivity index (χ2v) is 9.23. The molecular formula is C26H31N3O2. The zero-order valence-electron chi connectivity index (χ0n) is 18.0. The minimum Gasteiger partial charge on any atom is -0.357 e. The Bertz CT molecular complexity index is 1060. The minimum atomic E-state index is -0.346. The average Bonchev–Trinajstić information content (AvgIpc) is 3.19. The quantitative estimate of drug-likeness (QED) is 0.363. The summed E-state index contributed by atoms with van der Waals surface area (Å²) in [5.74, 6) is 0.739. The number of hydrogen-bond donors (Lipinski definition) is 2. The number of H-pyrrole nitrogens is 1. The van der Waals surface area contributed by atoms with Crippen LogP contribution in [0.3, 0.4) is 0 Å². The Labute approximate surface area is 183 Å². The molecule has 0 spiro atoms. The SMILES string of the molecule is O=[N+]([O-])c1ccc(CCNC2CCCc3c2[nH]c2ccc(C4CCCCC4)cc32)cc1. The van der Waals surface area contributed by atoms with E-state index in [0.717, 1.165) is 37.3 Å². The molecule has 5 rings (SSSR count). The van der Waals surface area contributed by atoms with Gasteiger partial charge >= 0.3 is 0 Å². The predicted octanol–water partition coefficient (Wildman–Crippen LogP) is 6.33. The smallest absolute Gasteiger partial charge is 0.269 e. The van der Waals surface area contributed by atoms with E-state index in [0.29, 0.717) is 6.04 Å². The lowest BCUT2D eigenvalue weighted by molar-refractivity contribution is -0.384. The molecule has 1 saturated carbocycles.